The number of aliphatic hydroxyl groups is 1. The molecule has 1 aliphatic rings. The molecular formula is C23H29FN2O4. The molecule has 6 nitrogen and oxygen atoms in total. The van der Waals surface area contributed by atoms with Crippen LogP contribution in [-0.4, -0.2) is 72.9 Å². The fraction of sp³-hybridized carbons (Fsp3) is 0.435. The van der Waals surface area contributed by atoms with Gasteiger partial charge in [-0.25, -0.2) is 4.39 Å². The number of nitrogens with zero attached hydrogens (tertiary/aromatic N) is 2. The van der Waals surface area contributed by atoms with E-state index >= 15 is 0 Å². The summed E-state index contributed by atoms with van der Waals surface area (Å²) in [4.78, 5) is 16.2. The van der Waals surface area contributed by atoms with Crippen LogP contribution in [0.15, 0.2) is 42.5 Å². The topological polar surface area (TPSA) is 62.2 Å². The van der Waals surface area contributed by atoms with Crippen molar-refractivity contribution in [1.29, 1.82) is 0 Å². The number of hydrogen-bond acceptors (Lipinski definition) is 5. The van der Waals surface area contributed by atoms with Gasteiger partial charge in [0.2, 0.25) is 0 Å². The third-order valence-electron chi connectivity index (χ3n) is 5.14. The third kappa shape index (κ3) is 6.43. The summed E-state index contributed by atoms with van der Waals surface area (Å²) in [6.07, 6.45) is -0.603. The van der Waals surface area contributed by atoms with E-state index in [1.165, 1.54) is 24.3 Å². The lowest BCUT2D eigenvalue weighted by atomic mass is 10.1. The standard InChI is InChI=1S/C23H29FN2O4/c1-17-3-4-18(2)22(13-17)30-15-20(27)14-25-9-11-26(12-10-25)23(28)16-29-21-7-5-19(24)6-8-21/h3-8,13,20,27H,9-12,14-16H2,1-2H3. The molecule has 1 atom stereocenters. The third-order valence-corrected chi connectivity index (χ3v) is 5.14. The van der Waals surface area contributed by atoms with Gasteiger partial charge in [-0.05, 0) is 55.3 Å². The molecule has 1 heterocycles. The second kappa shape index (κ2) is 10.4. The van der Waals surface area contributed by atoms with Crippen molar-refractivity contribution in [3.05, 3.63) is 59.4 Å². The number of aliphatic hydroxyl groups excluding tert-OH is 1. The highest BCUT2D eigenvalue weighted by Crippen LogP contribution is 2.19. The number of halogens is 1. The quantitative estimate of drug-likeness (QED) is 0.716. The molecule has 30 heavy (non-hydrogen) atoms. The molecule has 0 spiro atoms. The maximum Gasteiger partial charge on any atom is 0.260 e. The van der Waals surface area contributed by atoms with Gasteiger partial charge >= 0.3 is 0 Å². The smallest absolute Gasteiger partial charge is 0.260 e. The van der Waals surface area contributed by atoms with Crippen molar-refractivity contribution in [1.82, 2.24) is 9.80 Å². The number of ether oxygens (including phenoxy) is 2. The van der Waals surface area contributed by atoms with Crippen LogP contribution in [0.1, 0.15) is 11.1 Å². The molecule has 0 radical (unpaired) electrons. The summed E-state index contributed by atoms with van der Waals surface area (Å²) in [6, 6.07) is 11.6. The van der Waals surface area contributed by atoms with Crippen LogP contribution in [0.5, 0.6) is 11.5 Å². The first-order valence-electron chi connectivity index (χ1n) is 10.2. The van der Waals surface area contributed by atoms with Gasteiger partial charge in [0.05, 0.1) is 0 Å². The van der Waals surface area contributed by atoms with E-state index in [9.17, 15) is 14.3 Å². The van der Waals surface area contributed by atoms with Crippen molar-refractivity contribution in [2.24, 2.45) is 0 Å². The Hall–Kier alpha value is -2.64. The predicted molar refractivity (Wildman–Crippen MR) is 112 cm³/mol. The summed E-state index contributed by atoms with van der Waals surface area (Å²) in [5.41, 5.74) is 2.16. The summed E-state index contributed by atoms with van der Waals surface area (Å²) in [5, 5.41) is 10.3. The maximum atomic E-state index is 12.9. The summed E-state index contributed by atoms with van der Waals surface area (Å²) < 4.78 is 24.1. The lowest BCUT2D eigenvalue weighted by molar-refractivity contribution is -0.135. The fourth-order valence-electron chi connectivity index (χ4n) is 3.35. The first kappa shape index (κ1) is 22.1. The molecule has 3 rings (SSSR count). The Morgan fingerprint density at radius 3 is 2.47 bits per heavy atom. The minimum Gasteiger partial charge on any atom is -0.491 e. The molecule has 1 fully saturated rings. The number of amides is 1. The van der Waals surface area contributed by atoms with Gasteiger partial charge in [-0.2, -0.15) is 0 Å². The maximum absolute atomic E-state index is 12.9. The van der Waals surface area contributed by atoms with Gasteiger partial charge in [-0.15, -0.1) is 0 Å². The summed E-state index contributed by atoms with van der Waals surface area (Å²) in [7, 11) is 0. The number of hydrogen-bond donors (Lipinski definition) is 1. The van der Waals surface area contributed by atoms with Gasteiger partial charge < -0.3 is 19.5 Å². The van der Waals surface area contributed by atoms with Crippen LogP contribution < -0.4 is 9.47 Å². The largest absolute Gasteiger partial charge is 0.491 e. The minimum atomic E-state index is -0.603. The number of benzene rings is 2. The predicted octanol–water partition coefficient (Wildman–Crippen LogP) is 2.41. The van der Waals surface area contributed by atoms with Crippen molar-refractivity contribution in [2.75, 3.05) is 45.9 Å². The van der Waals surface area contributed by atoms with Crippen LogP contribution in [-0.2, 0) is 4.79 Å². The second-order valence-corrected chi connectivity index (χ2v) is 7.66. The first-order chi connectivity index (χ1) is 14.4. The van der Waals surface area contributed by atoms with Crippen LogP contribution in [0.25, 0.3) is 0 Å². The van der Waals surface area contributed by atoms with E-state index in [4.69, 9.17) is 9.47 Å². The van der Waals surface area contributed by atoms with E-state index in [2.05, 4.69) is 4.90 Å². The Morgan fingerprint density at radius 2 is 1.77 bits per heavy atom. The van der Waals surface area contributed by atoms with Crippen LogP contribution >= 0.6 is 0 Å². The minimum absolute atomic E-state index is 0.0715. The van der Waals surface area contributed by atoms with Crippen molar-refractivity contribution < 1.29 is 23.8 Å². The summed E-state index contributed by atoms with van der Waals surface area (Å²) in [5.74, 6) is 0.824. The zero-order valence-electron chi connectivity index (χ0n) is 17.5. The molecule has 0 saturated carbocycles. The molecule has 1 aliphatic heterocycles. The lowest BCUT2D eigenvalue weighted by Gasteiger charge is -2.35. The van der Waals surface area contributed by atoms with E-state index < -0.39 is 6.10 Å². The summed E-state index contributed by atoms with van der Waals surface area (Å²) >= 11 is 0. The average Bonchev–Trinajstić information content (AvgIpc) is 2.74. The van der Waals surface area contributed by atoms with E-state index in [-0.39, 0.29) is 24.9 Å². The number of piperazine rings is 1. The van der Waals surface area contributed by atoms with Crippen molar-refractivity contribution in [3.8, 4) is 11.5 Å². The van der Waals surface area contributed by atoms with Crippen LogP contribution in [0.2, 0.25) is 0 Å². The molecule has 0 bridgehead atoms. The number of rotatable bonds is 8. The number of carbonyl (C=O) groups is 1. The van der Waals surface area contributed by atoms with Crippen molar-refractivity contribution in [2.45, 2.75) is 20.0 Å². The zero-order chi connectivity index (χ0) is 21.5. The molecule has 1 N–H and O–H groups in total. The Balaban J connectivity index is 1.36. The van der Waals surface area contributed by atoms with Gasteiger partial charge in [0, 0.05) is 32.7 Å². The van der Waals surface area contributed by atoms with Crippen molar-refractivity contribution in [3.63, 3.8) is 0 Å². The van der Waals surface area contributed by atoms with Gasteiger partial charge in [0.25, 0.3) is 5.91 Å². The van der Waals surface area contributed by atoms with E-state index in [1.54, 1.807) is 4.90 Å². The van der Waals surface area contributed by atoms with E-state index in [0.717, 1.165) is 16.9 Å². The van der Waals surface area contributed by atoms with Gasteiger partial charge in [-0.3, -0.25) is 9.69 Å². The number of β-amino-alcohol motifs (C(OH)–C–C–N with tert-alkyl or cyclic N) is 1. The molecule has 1 saturated heterocycles. The van der Waals surface area contributed by atoms with Crippen LogP contribution in [0.4, 0.5) is 4.39 Å². The SMILES string of the molecule is Cc1ccc(C)c(OCC(O)CN2CCN(C(=O)COc3ccc(F)cc3)CC2)c1. The highest BCUT2D eigenvalue weighted by molar-refractivity contribution is 5.77. The normalized spacial score (nSPS) is 15.7. The molecule has 0 aromatic heterocycles. The van der Waals surface area contributed by atoms with Crippen molar-refractivity contribution >= 4 is 5.91 Å². The highest BCUT2D eigenvalue weighted by Gasteiger charge is 2.23. The Labute approximate surface area is 176 Å². The first-order valence-corrected chi connectivity index (χ1v) is 10.2. The molecule has 2 aromatic carbocycles. The molecule has 0 aliphatic carbocycles. The van der Waals surface area contributed by atoms with Gasteiger partial charge in [0.15, 0.2) is 6.61 Å². The molecule has 162 valence electrons. The molecular weight excluding hydrogens is 387 g/mol. The van der Waals surface area contributed by atoms with Gasteiger partial charge in [0.1, 0.15) is 30.0 Å². The molecule has 7 heteroatoms. The van der Waals surface area contributed by atoms with Gasteiger partial charge in [-0.1, -0.05) is 12.1 Å². The number of carbonyl (C=O) groups excluding carboxylic acids is 1. The lowest BCUT2D eigenvalue weighted by Crippen LogP contribution is -2.51. The number of aryl methyl sites for hydroxylation is 2. The van der Waals surface area contributed by atoms with E-state index in [1.807, 2.05) is 32.0 Å². The molecule has 1 unspecified atom stereocenters. The molecule has 1 amide bonds. The van der Waals surface area contributed by atoms with E-state index in [0.29, 0.717) is 38.5 Å². The van der Waals surface area contributed by atoms with Crippen LogP contribution in [0.3, 0.4) is 0 Å². The van der Waals surface area contributed by atoms with Crippen LogP contribution in [0, 0.1) is 19.7 Å². The fourth-order valence-corrected chi connectivity index (χ4v) is 3.35. The molecule has 2 aromatic rings. The average molecular weight is 416 g/mol. The highest BCUT2D eigenvalue weighted by atomic mass is 19.1. The second-order valence-electron chi connectivity index (χ2n) is 7.66. The Morgan fingerprint density at radius 1 is 1.07 bits per heavy atom. The summed E-state index contributed by atoms with van der Waals surface area (Å²) in [6.45, 7) is 7.18. The Bertz CT molecular complexity index is 836. The monoisotopic (exact) mass is 416 g/mol. The Kier molecular flexibility index (Phi) is 7.65. The zero-order valence-corrected chi connectivity index (χ0v) is 17.5.